The van der Waals surface area contributed by atoms with Crippen molar-refractivity contribution in [2.75, 3.05) is 6.54 Å². The first kappa shape index (κ1) is 18.9. The van der Waals surface area contributed by atoms with Gasteiger partial charge in [-0.05, 0) is 53.8 Å². The molecular formula is C20H19F2NO4S. The molecule has 2 aliphatic rings. The minimum atomic E-state index is -3.65. The molecule has 2 aromatic carbocycles. The Bertz CT molecular complexity index is 996. The van der Waals surface area contributed by atoms with E-state index < -0.39 is 16.6 Å². The van der Waals surface area contributed by atoms with E-state index >= 15 is 0 Å². The van der Waals surface area contributed by atoms with Crippen LogP contribution in [0.15, 0.2) is 47.4 Å². The molecule has 0 unspecified atom stereocenters. The highest BCUT2D eigenvalue weighted by Gasteiger charge is 2.27. The van der Waals surface area contributed by atoms with Crippen LogP contribution in [0.5, 0.6) is 11.5 Å². The van der Waals surface area contributed by atoms with Gasteiger partial charge in [-0.1, -0.05) is 24.3 Å². The van der Waals surface area contributed by atoms with Gasteiger partial charge in [0, 0.05) is 13.0 Å². The van der Waals surface area contributed by atoms with Crippen molar-refractivity contribution in [2.45, 2.75) is 32.0 Å². The summed E-state index contributed by atoms with van der Waals surface area (Å²) in [6.07, 6.45) is 2.74. The Morgan fingerprint density at radius 3 is 2.75 bits per heavy atom. The molecule has 0 aromatic heterocycles. The van der Waals surface area contributed by atoms with Crippen LogP contribution in [0.2, 0.25) is 0 Å². The number of fused-ring (bicyclic) bond motifs is 2. The third kappa shape index (κ3) is 4.02. The summed E-state index contributed by atoms with van der Waals surface area (Å²) in [5.41, 5.74) is 2.55. The zero-order chi connectivity index (χ0) is 19.7. The zero-order valence-electron chi connectivity index (χ0n) is 14.9. The maximum atomic E-state index is 12.7. The van der Waals surface area contributed by atoms with Gasteiger partial charge in [0.1, 0.15) is 17.6 Å². The molecule has 0 saturated carbocycles. The van der Waals surface area contributed by atoms with Crippen molar-refractivity contribution in [3.63, 3.8) is 0 Å². The average Bonchev–Trinajstić information content (AvgIpc) is 3.08. The SMILES string of the molecule is O=S(=O)(NC[C@@H]1Cc2ccccc2O1)C1=Cc2ccc(OC(F)F)cc2CC1. The lowest BCUT2D eigenvalue weighted by Gasteiger charge is -2.19. The maximum absolute atomic E-state index is 12.7. The number of hydrogen-bond donors (Lipinski definition) is 1. The maximum Gasteiger partial charge on any atom is 0.387 e. The summed E-state index contributed by atoms with van der Waals surface area (Å²) in [5, 5.41) is 0. The smallest absolute Gasteiger partial charge is 0.387 e. The molecule has 1 atom stereocenters. The predicted octanol–water partition coefficient (Wildman–Crippen LogP) is 3.50. The minimum Gasteiger partial charge on any atom is -0.488 e. The molecule has 2 aromatic rings. The lowest BCUT2D eigenvalue weighted by Crippen LogP contribution is -2.35. The number of alkyl halides is 2. The summed E-state index contributed by atoms with van der Waals surface area (Å²) in [7, 11) is -3.65. The van der Waals surface area contributed by atoms with Crippen molar-refractivity contribution < 1.29 is 26.7 Å². The number of ether oxygens (including phenoxy) is 2. The van der Waals surface area contributed by atoms with Crippen LogP contribution in [0.25, 0.3) is 6.08 Å². The average molecular weight is 407 g/mol. The number of para-hydroxylation sites is 1. The van der Waals surface area contributed by atoms with Crippen molar-refractivity contribution in [1.29, 1.82) is 0 Å². The summed E-state index contributed by atoms with van der Waals surface area (Å²) in [6.45, 7) is -2.70. The highest BCUT2D eigenvalue weighted by Crippen LogP contribution is 2.31. The molecular weight excluding hydrogens is 388 g/mol. The fourth-order valence-electron chi connectivity index (χ4n) is 3.49. The summed E-state index contributed by atoms with van der Waals surface area (Å²) >= 11 is 0. The van der Waals surface area contributed by atoms with E-state index in [4.69, 9.17) is 4.74 Å². The first-order chi connectivity index (χ1) is 13.4. The molecule has 1 aliphatic carbocycles. The van der Waals surface area contributed by atoms with Gasteiger partial charge in [-0.3, -0.25) is 0 Å². The lowest BCUT2D eigenvalue weighted by molar-refractivity contribution is -0.0498. The topological polar surface area (TPSA) is 64.6 Å². The van der Waals surface area contributed by atoms with E-state index in [9.17, 15) is 17.2 Å². The summed E-state index contributed by atoms with van der Waals surface area (Å²) in [6, 6.07) is 12.2. The van der Waals surface area contributed by atoms with Gasteiger partial charge in [0.25, 0.3) is 0 Å². The second kappa shape index (κ2) is 7.52. The van der Waals surface area contributed by atoms with Crippen LogP contribution < -0.4 is 14.2 Å². The number of benzene rings is 2. The van der Waals surface area contributed by atoms with E-state index in [0.717, 1.165) is 16.9 Å². The van der Waals surface area contributed by atoms with Crippen LogP contribution in [0, 0.1) is 0 Å². The lowest BCUT2D eigenvalue weighted by atomic mass is 9.97. The van der Waals surface area contributed by atoms with Gasteiger partial charge in [-0.2, -0.15) is 8.78 Å². The number of sulfonamides is 1. The van der Waals surface area contributed by atoms with Crippen molar-refractivity contribution in [1.82, 2.24) is 4.72 Å². The number of aryl methyl sites for hydroxylation is 1. The number of hydrogen-bond acceptors (Lipinski definition) is 4. The number of rotatable bonds is 6. The van der Waals surface area contributed by atoms with Crippen molar-refractivity contribution >= 4 is 16.1 Å². The molecule has 0 spiro atoms. The minimum absolute atomic E-state index is 0.0736. The molecule has 0 amide bonds. The van der Waals surface area contributed by atoms with E-state index in [1.165, 1.54) is 12.1 Å². The quantitative estimate of drug-likeness (QED) is 0.796. The van der Waals surface area contributed by atoms with Crippen LogP contribution in [0.4, 0.5) is 8.78 Å². The molecule has 0 radical (unpaired) electrons. The molecule has 5 nitrogen and oxygen atoms in total. The van der Waals surface area contributed by atoms with E-state index in [-0.39, 0.29) is 23.3 Å². The standard InChI is InChI=1S/C20H19F2NO4S/c21-20(22)27-16-7-5-14-11-18(8-6-13(14)9-16)28(24,25)23-12-17-10-15-3-1-2-4-19(15)26-17/h1-5,7,9,11,17,20,23H,6,8,10,12H2/t17-/m0/s1. The fourth-order valence-corrected chi connectivity index (χ4v) is 4.74. The zero-order valence-corrected chi connectivity index (χ0v) is 15.7. The van der Waals surface area contributed by atoms with E-state index in [1.807, 2.05) is 24.3 Å². The van der Waals surface area contributed by atoms with Gasteiger partial charge in [0.2, 0.25) is 10.0 Å². The highest BCUT2D eigenvalue weighted by atomic mass is 32.2. The third-order valence-electron chi connectivity index (χ3n) is 4.86. The van der Waals surface area contributed by atoms with Gasteiger partial charge < -0.3 is 9.47 Å². The highest BCUT2D eigenvalue weighted by molar-refractivity contribution is 7.93. The number of nitrogens with one attached hydrogen (secondary N) is 1. The summed E-state index contributed by atoms with van der Waals surface area (Å²) in [5.74, 6) is 0.865. The number of allylic oxidation sites excluding steroid dienone is 1. The van der Waals surface area contributed by atoms with Gasteiger partial charge in [0.05, 0.1) is 4.91 Å². The molecule has 1 heterocycles. The van der Waals surface area contributed by atoms with Crippen molar-refractivity contribution in [3.8, 4) is 11.5 Å². The largest absolute Gasteiger partial charge is 0.488 e. The first-order valence-corrected chi connectivity index (χ1v) is 10.4. The van der Waals surface area contributed by atoms with Gasteiger partial charge in [-0.25, -0.2) is 13.1 Å². The molecule has 0 saturated heterocycles. The number of halogens is 2. The molecule has 0 bridgehead atoms. The predicted molar refractivity (Wildman–Crippen MR) is 101 cm³/mol. The van der Waals surface area contributed by atoms with E-state index in [0.29, 0.717) is 24.8 Å². The van der Waals surface area contributed by atoms with Crippen molar-refractivity contribution in [2.24, 2.45) is 0 Å². The monoisotopic (exact) mass is 407 g/mol. The van der Waals surface area contributed by atoms with Crippen LogP contribution in [-0.4, -0.2) is 27.7 Å². The molecule has 1 N–H and O–H groups in total. The molecule has 0 fully saturated rings. The Labute approximate surface area is 162 Å². The Morgan fingerprint density at radius 2 is 1.96 bits per heavy atom. The van der Waals surface area contributed by atoms with Crippen LogP contribution in [0.1, 0.15) is 23.1 Å². The molecule has 1 aliphatic heterocycles. The summed E-state index contributed by atoms with van der Waals surface area (Å²) < 4.78 is 62.8. The van der Waals surface area contributed by atoms with Gasteiger partial charge in [-0.15, -0.1) is 0 Å². The fraction of sp³-hybridized carbons (Fsp3) is 0.300. The molecule has 148 valence electrons. The third-order valence-corrected chi connectivity index (χ3v) is 6.42. The Hall–Kier alpha value is -2.45. The Kier molecular flexibility index (Phi) is 5.07. The van der Waals surface area contributed by atoms with Gasteiger partial charge in [0.15, 0.2) is 0 Å². The molecule has 8 heteroatoms. The van der Waals surface area contributed by atoms with Crippen LogP contribution in [0.3, 0.4) is 0 Å². The molecule has 4 rings (SSSR count). The Morgan fingerprint density at radius 1 is 1.14 bits per heavy atom. The van der Waals surface area contributed by atoms with Crippen molar-refractivity contribution in [3.05, 3.63) is 64.1 Å². The van der Waals surface area contributed by atoms with E-state index in [2.05, 4.69) is 9.46 Å². The second-order valence-electron chi connectivity index (χ2n) is 6.75. The Balaban J connectivity index is 1.43. The first-order valence-electron chi connectivity index (χ1n) is 8.93. The van der Waals surface area contributed by atoms with Crippen LogP contribution >= 0.6 is 0 Å². The molecule has 28 heavy (non-hydrogen) atoms. The second-order valence-corrected chi connectivity index (χ2v) is 8.57. The van der Waals surface area contributed by atoms with Crippen LogP contribution in [-0.2, 0) is 22.9 Å². The summed E-state index contributed by atoms with van der Waals surface area (Å²) in [4.78, 5) is 0.276. The normalized spacial score (nSPS) is 18.2. The van der Waals surface area contributed by atoms with Gasteiger partial charge >= 0.3 is 6.61 Å². The van der Waals surface area contributed by atoms with E-state index in [1.54, 1.807) is 12.1 Å².